The summed E-state index contributed by atoms with van der Waals surface area (Å²) < 4.78 is 10.7. The van der Waals surface area contributed by atoms with Gasteiger partial charge in [0.1, 0.15) is 0 Å². The number of fused-ring (bicyclic) bond motifs is 1. The second-order valence-corrected chi connectivity index (χ2v) is 6.02. The van der Waals surface area contributed by atoms with Crippen LogP contribution in [-0.2, 0) is 9.59 Å². The lowest BCUT2D eigenvalue weighted by atomic mass is 10.1. The molecule has 3 heterocycles. The van der Waals surface area contributed by atoms with Gasteiger partial charge in [0.15, 0.2) is 11.5 Å². The van der Waals surface area contributed by atoms with Crippen LogP contribution in [0.3, 0.4) is 0 Å². The van der Waals surface area contributed by atoms with Crippen molar-refractivity contribution in [1.29, 1.82) is 0 Å². The molecule has 3 aliphatic rings. The number of rotatable bonds is 2. The van der Waals surface area contributed by atoms with Crippen molar-refractivity contribution in [3.05, 3.63) is 18.2 Å². The minimum absolute atomic E-state index is 0.0163. The van der Waals surface area contributed by atoms with Crippen molar-refractivity contribution >= 4 is 17.5 Å². The second-order valence-electron chi connectivity index (χ2n) is 6.02. The fourth-order valence-corrected chi connectivity index (χ4v) is 3.32. The summed E-state index contributed by atoms with van der Waals surface area (Å²) in [5.74, 6) is 1.15. The van der Waals surface area contributed by atoms with Gasteiger partial charge in [0, 0.05) is 50.9 Å². The highest BCUT2D eigenvalue weighted by Crippen LogP contribution is 2.37. The number of nitrogens with zero attached hydrogens (tertiary/aromatic N) is 2. The lowest BCUT2D eigenvalue weighted by Crippen LogP contribution is -2.48. The van der Waals surface area contributed by atoms with Gasteiger partial charge in [-0.2, -0.15) is 0 Å². The van der Waals surface area contributed by atoms with E-state index in [0.29, 0.717) is 31.1 Å². The molecule has 1 aromatic carbocycles. The maximum absolute atomic E-state index is 12.6. The molecule has 122 valence electrons. The highest BCUT2D eigenvalue weighted by atomic mass is 16.7. The highest BCUT2D eigenvalue weighted by Gasteiger charge is 2.37. The van der Waals surface area contributed by atoms with E-state index in [4.69, 9.17) is 9.47 Å². The molecular weight excluding hydrogens is 298 g/mol. The number of carbonyl (C=O) groups is 2. The van der Waals surface area contributed by atoms with Crippen LogP contribution in [0.5, 0.6) is 11.5 Å². The third-order valence-electron chi connectivity index (χ3n) is 4.57. The molecule has 0 radical (unpaired) electrons. The first-order chi connectivity index (χ1) is 11.2. The summed E-state index contributed by atoms with van der Waals surface area (Å²) >= 11 is 0. The SMILES string of the molecule is O=C(C1CC(=O)N(c2ccc3c(c2)OCO3)C1)N1CCNCC1. The molecule has 2 saturated heterocycles. The van der Waals surface area contributed by atoms with Crippen molar-refractivity contribution in [2.45, 2.75) is 6.42 Å². The van der Waals surface area contributed by atoms with E-state index in [-0.39, 0.29) is 30.9 Å². The molecule has 3 aliphatic heterocycles. The fraction of sp³-hybridized carbons (Fsp3) is 0.500. The Bertz CT molecular complexity index is 642. The van der Waals surface area contributed by atoms with Crippen molar-refractivity contribution in [3.8, 4) is 11.5 Å². The molecule has 0 spiro atoms. The summed E-state index contributed by atoms with van der Waals surface area (Å²) in [6, 6.07) is 5.44. The molecule has 7 heteroatoms. The van der Waals surface area contributed by atoms with Gasteiger partial charge in [0.05, 0.1) is 5.92 Å². The largest absolute Gasteiger partial charge is 0.454 e. The monoisotopic (exact) mass is 317 g/mol. The van der Waals surface area contributed by atoms with E-state index in [0.717, 1.165) is 18.8 Å². The van der Waals surface area contributed by atoms with E-state index in [1.165, 1.54) is 0 Å². The number of hydrogen-bond donors (Lipinski definition) is 1. The molecule has 2 amide bonds. The summed E-state index contributed by atoms with van der Waals surface area (Å²) in [5.41, 5.74) is 0.759. The zero-order chi connectivity index (χ0) is 15.8. The van der Waals surface area contributed by atoms with E-state index >= 15 is 0 Å². The van der Waals surface area contributed by atoms with Gasteiger partial charge in [-0.25, -0.2) is 0 Å². The zero-order valence-corrected chi connectivity index (χ0v) is 12.8. The summed E-state index contributed by atoms with van der Waals surface area (Å²) in [6.07, 6.45) is 0.275. The molecule has 1 N–H and O–H groups in total. The molecule has 0 bridgehead atoms. The fourth-order valence-electron chi connectivity index (χ4n) is 3.32. The summed E-state index contributed by atoms with van der Waals surface area (Å²) in [5, 5.41) is 3.23. The van der Waals surface area contributed by atoms with Crippen LogP contribution in [-0.4, -0.2) is 56.2 Å². The maximum Gasteiger partial charge on any atom is 0.231 e. The molecule has 2 fully saturated rings. The van der Waals surface area contributed by atoms with Crippen LogP contribution < -0.4 is 19.7 Å². The van der Waals surface area contributed by atoms with Gasteiger partial charge >= 0.3 is 0 Å². The lowest BCUT2D eigenvalue weighted by Gasteiger charge is -2.29. The van der Waals surface area contributed by atoms with Gasteiger partial charge in [0.25, 0.3) is 0 Å². The van der Waals surface area contributed by atoms with Crippen molar-refractivity contribution in [1.82, 2.24) is 10.2 Å². The molecule has 1 atom stereocenters. The lowest BCUT2D eigenvalue weighted by molar-refractivity contribution is -0.136. The van der Waals surface area contributed by atoms with Crippen molar-refractivity contribution in [3.63, 3.8) is 0 Å². The third-order valence-corrected chi connectivity index (χ3v) is 4.57. The van der Waals surface area contributed by atoms with E-state index in [2.05, 4.69) is 5.32 Å². The van der Waals surface area contributed by atoms with Crippen LogP contribution in [0.1, 0.15) is 6.42 Å². The molecule has 1 aromatic rings. The Kier molecular flexibility index (Phi) is 3.57. The number of carbonyl (C=O) groups excluding carboxylic acids is 2. The van der Waals surface area contributed by atoms with Crippen molar-refractivity contribution in [2.24, 2.45) is 5.92 Å². The number of hydrogen-bond acceptors (Lipinski definition) is 5. The molecule has 0 saturated carbocycles. The Balaban J connectivity index is 1.48. The normalized spacial score (nSPS) is 23.5. The van der Waals surface area contributed by atoms with Gasteiger partial charge in [-0.15, -0.1) is 0 Å². The predicted molar refractivity (Wildman–Crippen MR) is 82.5 cm³/mol. The summed E-state index contributed by atoms with van der Waals surface area (Å²) in [4.78, 5) is 28.5. The molecule has 0 aromatic heterocycles. The number of nitrogens with one attached hydrogen (secondary N) is 1. The van der Waals surface area contributed by atoms with E-state index in [9.17, 15) is 9.59 Å². The topological polar surface area (TPSA) is 71.1 Å². The first-order valence-electron chi connectivity index (χ1n) is 7.92. The van der Waals surface area contributed by atoms with E-state index in [1.54, 1.807) is 17.0 Å². The first-order valence-corrected chi connectivity index (χ1v) is 7.92. The van der Waals surface area contributed by atoms with Gasteiger partial charge in [-0.3, -0.25) is 9.59 Å². The number of anilines is 1. The van der Waals surface area contributed by atoms with Gasteiger partial charge in [-0.05, 0) is 12.1 Å². The zero-order valence-electron chi connectivity index (χ0n) is 12.8. The molecule has 1 unspecified atom stereocenters. The van der Waals surface area contributed by atoms with E-state index < -0.39 is 0 Å². The standard InChI is InChI=1S/C16H19N3O4/c20-15-7-11(16(21)18-5-3-17-4-6-18)9-19(15)12-1-2-13-14(8-12)23-10-22-13/h1-2,8,11,17H,3-7,9-10H2. The third kappa shape index (κ3) is 2.61. The van der Waals surface area contributed by atoms with Crippen LogP contribution in [0, 0.1) is 5.92 Å². The summed E-state index contributed by atoms with van der Waals surface area (Å²) in [6.45, 7) is 3.70. The minimum atomic E-state index is -0.258. The Morgan fingerprint density at radius 1 is 1.17 bits per heavy atom. The molecule has 23 heavy (non-hydrogen) atoms. The average Bonchev–Trinajstić information content (AvgIpc) is 3.20. The molecular formula is C16H19N3O4. The molecule has 4 rings (SSSR count). The van der Waals surface area contributed by atoms with Gasteiger partial charge < -0.3 is 24.6 Å². The van der Waals surface area contributed by atoms with Crippen molar-refractivity contribution < 1.29 is 19.1 Å². The Morgan fingerprint density at radius 3 is 2.78 bits per heavy atom. The Labute approximate surface area is 134 Å². The van der Waals surface area contributed by atoms with Gasteiger partial charge in [0.2, 0.25) is 18.6 Å². The van der Waals surface area contributed by atoms with Crippen LogP contribution in [0.4, 0.5) is 5.69 Å². The quantitative estimate of drug-likeness (QED) is 0.844. The number of benzene rings is 1. The van der Waals surface area contributed by atoms with Crippen molar-refractivity contribution in [2.75, 3.05) is 44.4 Å². The Morgan fingerprint density at radius 2 is 1.96 bits per heavy atom. The van der Waals surface area contributed by atoms with Crippen LogP contribution in [0.25, 0.3) is 0 Å². The highest BCUT2D eigenvalue weighted by molar-refractivity contribution is 6.00. The predicted octanol–water partition coefficient (Wildman–Crippen LogP) is 0.200. The van der Waals surface area contributed by atoms with E-state index in [1.807, 2.05) is 11.0 Å². The smallest absolute Gasteiger partial charge is 0.231 e. The Hall–Kier alpha value is -2.28. The molecule has 0 aliphatic carbocycles. The van der Waals surface area contributed by atoms with Crippen LogP contribution in [0.2, 0.25) is 0 Å². The maximum atomic E-state index is 12.6. The van der Waals surface area contributed by atoms with Crippen LogP contribution >= 0.6 is 0 Å². The summed E-state index contributed by atoms with van der Waals surface area (Å²) in [7, 11) is 0. The first kappa shape index (κ1) is 14.3. The second kappa shape index (κ2) is 5.73. The number of ether oxygens (including phenoxy) is 2. The van der Waals surface area contributed by atoms with Crippen LogP contribution in [0.15, 0.2) is 18.2 Å². The average molecular weight is 317 g/mol. The van der Waals surface area contributed by atoms with Gasteiger partial charge in [-0.1, -0.05) is 0 Å². The molecule has 7 nitrogen and oxygen atoms in total. The number of amides is 2. The minimum Gasteiger partial charge on any atom is -0.454 e. The number of piperazine rings is 1.